The lowest BCUT2D eigenvalue weighted by molar-refractivity contribution is -0.118. The lowest BCUT2D eigenvalue weighted by Gasteiger charge is -2.09. The predicted molar refractivity (Wildman–Crippen MR) is 69.8 cm³/mol. The number of amides is 3. The second-order valence-corrected chi connectivity index (χ2v) is 5.82. The summed E-state index contributed by atoms with van der Waals surface area (Å²) >= 11 is 0. The molecule has 0 aromatic heterocycles. The number of hydrogen-bond donors (Lipinski definition) is 3. The molecule has 0 saturated carbocycles. The first-order chi connectivity index (χ1) is 8.72. The first kappa shape index (κ1) is 15.0. The van der Waals surface area contributed by atoms with Crippen molar-refractivity contribution in [1.82, 2.24) is 4.72 Å². The van der Waals surface area contributed by atoms with E-state index >= 15 is 0 Å². The smallest absolute Gasteiger partial charge is 0.326 e. The van der Waals surface area contributed by atoms with Crippen LogP contribution in [0.15, 0.2) is 29.2 Å². The van der Waals surface area contributed by atoms with Gasteiger partial charge in [-0.25, -0.2) is 17.9 Å². The number of primary amides is 1. The molecule has 8 heteroatoms. The molecule has 0 aliphatic carbocycles. The average molecular weight is 285 g/mol. The van der Waals surface area contributed by atoms with Crippen LogP contribution in [-0.4, -0.2) is 20.4 Å². The molecule has 19 heavy (non-hydrogen) atoms. The quantitative estimate of drug-likeness (QED) is 0.752. The molecule has 0 unspecified atom stereocenters. The van der Waals surface area contributed by atoms with Gasteiger partial charge in [0.25, 0.3) is 10.0 Å². The van der Waals surface area contributed by atoms with Crippen LogP contribution in [0.4, 0.5) is 10.5 Å². The number of anilines is 1. The maximum absolute atomic E-state index is 11.6. The van der Waals surface area contributed by atoms with Crippen molar-refractivity contribution in [3.63, 3.8) is 0 Å². The van der Waals surface area contributed by atoms with Gasteiger partial charge in [-0.15, -0.1) is 0 Å². The maximum atomic E-state index is 11.6. The van der Waals surface area contributed by atoms with Crippen molar-refractivity contribution >= 4 is 27.6 Å². The summed E-state index contributed by atoms with van der Waals surface area (Å²) in [6, 6.07) is 4.23. The Hall–Kier alpha value is -2.09. The van der Waals surface area contributed by atoms with Crippen LogP contribution in [0.5, 0.6) is 0 Å². The fraction of sp³-hybridized carbons (Fsp3) is 0.273. The van der Waals surface area contributed by atoms with Crippen LogP contribution in [0.3, 0.4) is 0 Å². The molecule has 0 aliphatic heterocycles. The highest BCUT2D eigenvalue weighted by molar-refractivity contribution is 7.90. The Morgan fingerprint density at radius 2 is 1.68 bits per heavy atom. The SMILES string of the molecule is CC(C)C(=O)Nc1ccc(S(=O)(=O)NC(N)=O)cc1. The normalized spacial score (nSPS) is 11.1. The van der Waals surface area contributed by atoms with E-state index in [-0.39, 0.29) is 16.7 Å². The molecule has 0 radical (unpaired) electrons. The van der Waals surface area contributed by atoms with Gasteiger partial charge in [0.2, 0.25) is 5.91 Å². The molecule has 0 saturated heterocycles. The number of hydrogen-bond acceptors (Lipinski definition) is 4. The van der Waals surface area contributed by atoms with E-state index in [1.54, 1.807) is 18.6 Å². The van der Waals surface area contributed by atoms with Crippen LogP contribution in [0.2, 0.25) is 0 Å². The minimum atomic E-state index is -3.96. The number of carbonyl (C=O) groups is 2. The lowest BCUT2D eigenvalue weighted by atomic mass is 10.2. The topological polar surface area (TPSA) is 118 Å². The zero-order valence-electron chi connectivity index (χ0n) is 10.5. The summed E-state index contributed by atoms with van der Waals surface area (Å²) in [5, 5.41) is 2.61. The van der Waals surface area contributed by atoms with Crippen LogP contribution in [0.1, 0.15) is 13.8 Å². The average Bonchev–Trinajstić information content (AvgIpc) is 2.27. The summed E-state index contributed by atoms with van der Waals surface area (Å²) in [5.41, 5.74) is 5.23. The highest BCUT2D eigenvalue weighted by Gasteiger charge is 2.15. The standard InChI is InChI=1S/C11H15N3O4S/c1-7(2)10(15)13-8-3-5-9(6-4-8)19(17,18)14-11(12)16/h3-7H,1-2H3,(H,13,15)(H3,12,14,16). The zero-order chi connectivity index (χ0) is 14.6. The molecule has 1 aromatic carbocycles. The predicted octanol–water partition coefficient (Wildman–Crippen LogP) is 0.638. The van der Waals surface area contributed by atoms with Gasteiger partial charge in [0.15, 0.2) is 0 Å². The number of benzene rings is 1. The molecule has 0 bridgehead atoms. The third kappa shape index (κ3) is 4.25. The van der Waals surface area contributed by atoms with E-state index in [2.05, 4.69) is 5.32 Å². The first-order valence-corrected chi connectivity index (χ1v) is 6.94. The summed E-state index contributed by atoms with van der Waals surface area (Å²) in [6.07, 6.45) is 0. The van der Waals surface area contributed by atoms with Gasteiger partial charge >= 0.3 is 6.03 Å². The van der Waals surface area contributed by atoms with Gasteiger partial charge in [-0.2, -0.15) is 0 Å². The fourth-order valence-electron chi connectivity index (χ4n) is 1.20. The van der Waals surface area contributed by atoms with E-state index in [1.807, 2.05) is 0 Å². The second-order valence-electron chi connectivity index (χ2n) is 4.14. The highest BCUT2D eigenvalue weighted by Crippen LogP contribution is 2.14. The van der Waals surface area contributed by atoms with Gasteiger partial charge in [0, 0.05) is 11.6 Å². The number of urea groups is 1. The molecule has 0 spiro atoms. The van der Waals surface area contributed by atoms with Crippen molar-refractivity contribution in [2.24, 2.45) is 11.7 Å². The largest absolute Gasteiger partial charge is 0.351 e. The number of rotatable bonds is 4. The highest BCUT2D eigenvalue weighted by atomic mass is 32.2. The summed E-state index contributed by atoms with van der Waals surface area (Å²) in [4.78, 5) is 21.9. The van der Waals surface area contributed by atoms with Gasteiger partial charge in [0.05, 0.1) is 4.90 Å². The van der Waals surface area contributed by atoms with Crippen molar-refractivity contribution in [3.8, 4) is 0 Å². The molecule has 0 atom stereocenters. The third-order valence-corrected chi connectivity index (χ3v) is 3.55. The zero-order valence-corrected chi connectivity index (χ0v) is 11.3. The Kier molecular flexibility index (Phi) is 4.49. The van der Waals surface area contributed by atoms with Gasteiger partial charge in [-0.05, 0) is 24.3 Å². The summed E-state index contributed by atoms with van der Waals surface area (Å²) < 4.78 is 24.8. The van der Waals surface area contributed by atoms with Crippen molar-refractivity contribution < 1.29 is 18.0 Å². The number of carbonyl (C=O) groups excluding carboxylic acids is 2. The molecule has 1 aromatic rings. The van der Waals surface area contributed by atoms with E-state index in [0.29, 0.717) is 5.69 Å². The Balaban J connectivity index is 2.88. The van der Waals surface area contributed by atoms with Crippen LogP contribution in [0.25, 0.3) is 0 Å². The molecule has 104 valence electrons. The molecular weight excluding hydrogens is 270 g/mol. The van der Waals surface area contributed by atoms with Gasteiger partial charge in [0.1, 0.15) is 0 Å². The lowest BCUT2D eigenvalue weighted by Crippen LogP contribution is -2.34. The second kappa shape index (κ2) is 5.70. The fourth-order valence-corrected chi connectivity index (χ4v) is 2.07. The van der Waals surface area contributed by atoms with Gasteiger partial charge in [-0.1, -0.05) is 13.8 Å². The molecule has 0 heterocycles. The molecule has 3 amide bonds. The Morgan fingerprint density at radius 3 is 2.11 bits per heavy atom. The van der Waals surface area contributed by atoms with Crippen LogP contribution in [-0.2, 0) is 14.8 Å². The van der Waals surface area contributed by atoms with E-state index < -0.39 is 16.1 Å². The molecule has 1 rings (SSSR count). The van der Waals surface area contributed by atoms with Crippen molar-refractivity contribution in [2.45, 2.75) is 18.7 Å². The van der Waals surface area contributed by atoms with Crippen molar-refractivity contribution in [1.29, 1.82) is 0 Å². The van der Waals surface area contributed by atoms with Crippen LogP contribution in [0, 0.1) is 5.92 Å². The monoisotopic (exact) mass is 285 g/mol. The van der Waals surface area contributed by atoms with Gasteiger partial charge < -0.3 is 11.1 Å². The molecule has 0 aliphatic rings. The van der Waals surface area contributed by atoms with Crippen molar-refractivity contribution in [3.05, 3.63) is 24.3 Å². The van der Waals surface area contributed by atoms with Crippen LogP contribution >= 0.6 is 0 Å². The molecule has 7 nitrogen and oxygen atoms in total. The van der Waals surface area contributed by atoms with E-state index in [0.717, 1.165) is 0 Å². The number of nitrogens with two attached hydrogens (primary N) is 1. The minimum Gasteiger partial charge on any atom is -0.351 e. The molecular formula is C11H15N3O4S. The third-order valence-electron chi connectivity index (χ3n) is 2.19. The summed E-state index contributed by atoms with van der Waals surface area (Å²) in [7, 11) is -3.96. The Bertz CT molecular complexity index is 578. The molecule has 0 fully saturated rings. The summed E-state index contributed by atoms with van der Waals surface area (Å²) in [5.74, 6) is -0.356. The van der Waals surface area contributed by atoms with Gasteiger partial charge in [-0.3, -0.25) is 4.79 Å². The van der Waals surface area contributed by atoms with Crippen molar-refractivity contribution in [2.75, 3.05) is 5.32 Å². The van der Waals surface area contributed by atoms with E-state index in [9.17, 15) is 18.0 Å². The minimum absolute atomic E-state index is 0.117. The Labute approximate surface area is 111 Å². The number of nitrogens with one attached hydrogen (secondary N) is 2. The van der Waals surface area contributed by atoms with E-state index in [4.69, 9.17) is 5.73 Å². The number of sulfonamides is 1. The Morgan fingerprint density at radius 1 is 1.16 bits per heavy atom. The van der Waals surface area contributed by atoms with E-state index in [1.165, 1.54) is 24.3 Å². The van der Waals surface area contributed by atoms with Crippen LogP contribution < -0.4 is 15.8 Å². The summed E-state index contributed by atoms with van der Waals surface area (Å²) in [6.45, 7) is 3.48. The first-order valence-electron chi connectivity index (χ1n) is 5.45. The molecule has 4 N–H and O–H groups in total. The maximum Gasteiger partial charge on any atom is 0.326 e.